The second-order valence-electron chi connectivity index (χ2n) is 8.85. The normalized spacial score (nSPS) is 17.1. The maximum Gasteiger partial charge on any atom is 0.417 e. The van der Waals surface area contributed by atoms with Gasteiger partial charge in [-0.15, -0.1) is 0 Å². The van der Waals surface area contributed by atoms with Crippen molar-refractivity contribution in [3.63, 3.8) is 0 Å². The average molecular weight is 479 g/mol. The van der Waals surface area contributed by atoms with Gasteiger partial charge in [0, 0.05) is 48.2 Å². The quantitative estimate of drug-likeness (QED) is 0.435. The highest BCUT2D eigenvalue weighted by atomic mass is 32.2. The number of pyridine rings is 1. The number of hydrogen-bond donors (Lipinski definition) is 2. The van der Waals surface area contributed by atoms with Gasteiger partial charge in [-0.3, -0.25) is 19.6 Å². The van der Waals surface area contributed by atoms with Crippen LogP contribution in [0.2, 0.25) is 0 Å². The van der Waals surface area contributed by atoms with Gasteiger partial charge in [-0.2, -0.15) is 0 Å². The number of nitrogens with zero attached hydrogens (tertiary/aromatic N) is 2. The predicted octanol–water partition coefficient (Wildman–Crippen LogP) is 3.93. The minimum Gasteiger partial charge on any atom is -0.408 e. The lowest BCUT2D eigenvalue weighted by atomic mass is 9.90. The molecule has 1 aliphatic rings. The van der Waals surface area contributed by atoms with E-state index in [1.54, 1.807) is 12.3 Å². The van der Waals surface area contributed by atoms with Crippen molar-refractivity contribution in [2.45, 2.75) is 25.3 Å². The number of benzene rings is 2. The molecule has 3 heterocycles. The minimum absolute atomic E-state index is 0.284. The summed E-state index contributed by atoms with van der Waals surface area (Å²) < 4.78 is 31.1. The summed E-state index contributed by atoms with van der Waals surface area (Å²) in [5.74, 6) is -0.139. The molecule has 1 atom stereocenters. The summed E-state index contributed by atoms with van der Waals surface area (Å²) in [5, 5.41) is 0. The molecule has 4 aromatic rings. The summed E-state index contributed by atoms with van der Waals surface area (Å²) in [6.07, 6.45) is 6.90. The Labute approximate surface area is 197 Å². The summed E-state index contributed by atoms with van der Waals surface area (Å²) >= 11 is 0. The largest absolute Gasteiger partial charge is 0.417 e. The fourth-order valence-corrected chi connectivity index (χ4v) is 5.29. The van der Waals surface area contributed by atoms with E-state index in [0.717, 1.165) is 66.5 Å². The summed E-state index contributed by atoms with van der Waals surface area (Å²) in [6.45, 7) is 2.61. The zero-order chi connectivity index (χ0) is 23.7. The van der Waals surface area contributed by atoms with Crippen molar-refractivity contribution in [3.8, 4) is 11.1 Å². The van der Waals surface area contributed by atoms with Crippen LogP contribution in [-0.2, 0) is 16.6 Å². The molecule has 1 saturated heterocycles. The summed E-state index contributed by atoms with van der Waals surface area (Å²) in [7, 11) is -3.34. The molecule has 176 valence electrons. The van der Waals surface area contributed by atoms with Gasteiger partial charge in [0.1, 0.15) is 0 Å². The van der Waals surface area contributed by atoms with Gasteiger partial charge in [-0.25, -0.2) is 13.2 Å². The van der Waals surface area contributed by atoms with Crippen molar-refractivity contribution in [3.05, 3.63) is 82.6 Å². The average Bonchev–Trinajstić information content (AvgIpc) is 3.19. The van der Waals surface area contributed by atoms with E-state index in [4.69, 9.17) is 4.42 Å². The van der Waals surface area contributed by atoms with Crippen molar-refractivity contribution < 1.29 is 12.8 Å². The number of hydrogen-bond acceptors (Lipinski definition) is 6. The Bertz CT molecular complexity index is 1490. The highest BCUT2D eigenvalue weighted by molar-refractivity contribution is 7.92. The number of nitrogens with one attached hydrogen (secondary N) is 2. The number of aromatic amines is 1. The first-order valence-electron chi connectivity index (χ1n) is 11.2. The first kappa shape index (κ1) is 22.4. The lowest BCUT2D eigenvalue weighted by molar-refractivity contribution is 0.200. The number of sulfonamides is 1. The van der Waals surface area contributed by atoms with Gasteiger partial charge in [0.05, 0.1) is 11.8 Å². The number of oxazole rings is 1. The number of para-hydroxylation sites is 1. The number of likely N-dealkylation sites (tertiary alicyclic amines) is 1. The van der Waals surface area contributed by atoms with Crippen molar-refractivity contribution in [2.24, 2.45) is 0 Å². The van der Waals surface area contributed by atoms with Gasteiger partial charge in [0.25, 0.3) is 0 Å². The number of fused-ring (bicyclic) bond motifs is 1. The third kappa shape index (κ3) is 5.05. The van der Waals surface area contributed by atoms with E-state index in [1.807, 2.05) is 42.6 Å². The summed E-state index contributed by atoms with van der Waals surface area (Å²) in [4.78, 5) is 21.3. The Balaban J connectivity index is 1.34. The number of rotatable bonds is 6. The van der Waals surface area contributed by atoms with E-state index in [2.05, 4.69) is 25.7 Å². The lowest BCUT2D eigenvalue weighted by Crippen LogP contribution is -2.34. The molecule has 5 rings (SSSR count). The molecule has 0 radical (unpaired) electrons. The van der Waals surface area contributed by atoms with Gasteiger partial charge in [0.15, 0.2) is 5.58 Å². The van der Waals surface area contributed by atoms with Crippen LogP contribution < -0.4 is 10.5 Å². The number of H-pyrrole nitrogens is 1. The van der Waals surface area contributed by atoms with Crippen molar-refractivity contribution in [1.29, 1.82) is 0 Å². The van der Waals surface area contributed by atoms with E-state index in [-0.39, 0.29) is 5.92 Å². The first-order valence-corrected chi connectivity index (χ1v) is 13.1. The van der Waals surface area contributed by atoms with E-state index >= 15 is 0 Å². The summed E-state index contributed by atoms with van der Waals surface area (Å²) in [5.41, 5.74) is 5.91. The topological polar surface area (TPSA) is 108 Å². The Morgan fingerprint density at radius 3 is 2.85 bits per heavy atom. The zero-order valence-corrected chi connectivity index (χ0v) is 19.6. The molecular formula is C25H26N4O4S. The van der Waals surface area contributed by atoms with Gasteiger partial charge in [-0.05, 0) is 54.8 Å². The number of piperidine rings is 1. The molecule has 1 fully saturated rings. The number of anilines is 1. The maximum absolute atomic E-state index is 11.7. The Kier molecular flexibility index (Phi) is 5.97. The third-order valence-corrected chi connectivity index (χ3v) is 6.73. The maximum atomic E-state index is 11.7. The predicted molar refractivity (Wildman–Crippen MR) is 132 cm³/mol. The monoisotopic (exact) mass is 478 g/mol. The van der Waals surface area contributed by atoms with E-state index in [0.29, 0.717) is 11.3 Å². The van der Waals surface area contributed by atoms with Crippen LogP contribution in [0.1, 0.15) is 29.9 Å². The molecule has 0 saturated carbocycles. The Morgan fingerprint density at radius 1 is 1.15 bits per heavy atom. The van der Waals surface area contributed by atoms with E-state index in [1.165, 1.54) is 0 Å². The fraction of sp³-hybridized carbons (Fsp3) is 0.280. The van der Waals surface area contributed by atoms with Gasteiger partial charge < -0.3 is 4.42 Å². The van der Waals surface area contributed by atoms with Gasteiger partial charge >= 0.3 is 5.76 Å². The Morgan fingerprint density at radius 2 is 2.00 bits per heavy atom. The van der Waals surface area contributed by atoms with Crippen LogP contribution in [0.3, 0.4) is 0 Å². The molecule has 0 bridgehead atoms. The van der Waals surface area contributed by atoms with Crippen LogP contribution >= 0.6 is 0 Å². The van der Waals surface area contributed by atoms with Crippen LogP contribution in [0.4, 0.5) is 5.69 Å². The molecule has 2 N–H and O–H groups in total. The van der Waals surface area contributed by atoms with Crippen molar-refractivity contribution >= 4 is 26.8 Å². The molecule has 0 aliphatic carbocycles. The smallest absolute Gasteiger partial charge is 0.408 e. The lowest BCUT2D eigenvalue weighted by Gasteiger charge is -2.33. The third-order valence-electron chi connectivity index (χ3n) is 6.12. The second kappa shape index (κ2) is 9.08. The van der Waals surface area contributed by atoms with Crippen LogP contribution in [0.15, 0.2) is 70.1 Å². The summed E-state index contributed by atoms with van der Waals surface area (Å²) in [6, 6.07) is 15.3. The van der Waals surface area contributed by atoms with E-state index in [9.17, 15) is 13.2 Å². The molecule has 8 nitrogen and oxygen atoms in total. The fourth-order valence-electron chi connectivity index (χ4n) is 4.74. The first-order chi connectivity index (χ1) is 16.3. The highest BCUT2D eigenvalue weighted by Crippen LogP contribution is 2.32. The van der Waals surface area contributed by atoms with Crippen molar-refractivity contribution in [2.75, 3.05) is 24.1 Å². The molecule has 34 heavy (non-hydrogen) atoms. The highest BCUT2D eigenvalue weighted by Gasteiger charge is 2.24. The molecule has 2 aromatic carbocycles. The molecular weight excluding hydrogens is 452 g/mol. The van der Waals surface area contributed by atoms with Crippen LogP contribution in [0, 0.1) is 0 Å². The zero-order valence-electron chi connectivity index (χ0n) is 18.8. The minimum atomic E-state index is -3.34. The Hall–Kier alpha value is -3.43. The molecule has 1 unspecified atom stereocenters. The molecule has 2 aromatic heterocycles. The van der Waals surface area contributed by atoms with Crippen molar-refractivity contribution in [1.82, 2.24) is 14.9 Å². The van der Waals surface area contributed by atoms with E-state index < -0.39 is 15.8 Å². The van der Waals surface area contributed by atoms with Crippen LogP contribution in [0.25, 0.3) is 22.2 Å². The van der Waals surface area contributed by atoms with Crippen LogP contribution in [0.5, 0.6) is 0 Å². The second-order valence-corrected chi connectivity index (χ2v) is 10.6. The van der Waals surface area contributed by atoms with Gasteiger partial charge in [-0.1, -0.05) is 24.3 Å². The molecule has 0 spiro atoms. The number of aromatic nitrogens is 2. The standard InChI is InChI=1S/C25H26N4O4S/c1-34(31,32)28-21-7-2-5-18(12-21)20-11-17(13-26-14-20)15-29-10-4-6-19(16-29)22-8-3-9-23-24(22)33-25(30)27-23/h2-3,5,7-9,11-14,19,28H,4,6,10,15-16H2,1H3,(H,27,30). The molecule has 9 heteroatoms. The molecule has 0 amide bonds. The van der Waals surface area contributed by atoms with Gasteiger partial charge in [0.2, 0.25) is 10.0 Å². The SMILES string of the molecule is CS(=O)(=O)Nc1cccc(-c2cncc(CN3CCCC(c4cccc5[nH]c(=O)oc45)C3)c2)c1. The van der Waals surface area contributed by atoms with Crippen LogP contribution in [-0.4, -0.2) is 42.6 Å². The molecule has 1 aliphatic heterocycles.